The summed E-state index contributed by atoms with van der Waals surface area (Å²) in [5, 5.41) is 5.60. The van der Waals surface area contributed by atoms with E-state index in [-0.39, 0.29) is 5.91 Å². The fourth-order valence-electron chi connectivity index (χ4n) is 2.57. The zero-order valence-corrected chi connectivity index (χ0v) is 9.65. The van der Waals surface area contributed by atoms with E-state index in [0.29, 0.717) is 12.5 Å². The highest BCUT2D eigenvalue weighted by molar-refractivity contribution is 5.86. The lowest BCUT2D eigenvalue weighted by molar-refractivity contribution is -0.119. The van der Waals surface area contributed by atoms with Gasteiger partial charge in [-0.2, -0.15) is 0 Å². The second-order valence-electron chi connectivity index (χ2n) is 4.65. The summed E-state index contributed by atoms with van der Waals surface area (Å²) < 4.78 is 0. The number of rotatable bonds is 2. The maximum Gasteiger partial charge on any atom is 0.220 e. The van der Waals surface area contributed by atoms with Crippen LogP contribution in [0.4, 0.5) is 0 Å². The van der Waals surface area contributed by atoms with Gasteiger partial charge in [0.15, 0.2) is 0 Å². The number of carbonyl (C=O) groups is 1. The molecule has 0 spiro atoms. The van der Waals surface area contributed by atoms with Crippen LogP contribution in [0, 0.1) is 0 Å². The van der Waals surface area contributed by atoms with Gasteiger partial charge in [-0.1, -0.05) is 42.5 Å². The summed E-state index contributed by atoms with van der Waals surface area (Å²) in [6.45, 7) is 0. The Hall–Kier alpha value is -1.83. The third-order valence-corrected chi connectivity index (χ3v) is 3.43. The molecule has 17 heavy (non-hydrogen) atoms. The highest BCUT2D eigenvalue weighted by Crippen LogP contribution is 2.21. The molecule has 1 heterocycles. The van der Waals surface area contributed by atoms with Crippen molar-refractivity contribution in [1.29, 1.82) is 0 Å². The zero-order valence-electron chi connectivity index (χ0n) is 9.65. The molecule has 1 N–H and O–H groups in total. The average molecular weight is 225 g/mol. The van der Waals surface area contributed by atoms with Crippen LogP contribution < -0.4 is 5.32 Å². The normalized spacial score (nSPS) is 19.5. The van der Waals surface area contributed by atoms with E-state index in [1.165, 1.54) is 16.3 Å². The molecule has 0 radical (unpaired) electrons. The Bertz CT molecular complexity index is 556. The lowest BCUT2D eigenvalue weighted by Crippen LogP contribution is -2.27. The molecule has 1 unspecified atom stereocenters. The third-order valence-electron chi connectivity index (χ3n) is 3.43. The van der Waals surface area contributed by atoms with Gasteiger partial charge in [-0.25, -0.2) is 0 Å². The molecule has 0 aromatic heterocycles. The molecule has 3 rings (SSSR count). The number of nitrogens with one attached hydrogen (secondary N) is 1. The van der Waals surface area contributed by atoms with Crippen LogP contribution in [-0.4, -0.2) is 11.9 Å². The van der Waals surface area contributed by atoms with Crippen molar-refractivity contribution in [2.75, 3.05) is 0 Å². The van der Waals surface area contributed by atoms with Gasteiger partial charge in [0.25, 0.3) is 0 Å². The van der Waals surface area contributed by atoms with E-state index in [0.717, 1.165) is 12.8 Å². The van der Waals surface area contributed by atoms with Crippen LogP contribution in [0.3, 0.4) is 0 Å². The molecular weight excluding hydrogens is 210 g/mol. The molecule has 1 aliphatic heterocycles. The van der Waals surface area contributed by atoms with E-state index in [9.17, 15) is 4.79 Å². The predicted octanol–water partition coefficient (Wildman–Crippen LogP) is 2.66. The Morgan fingerprint density at radius 1 is 1.12 bits per heavy atom. The maximum absolute atomic E-state index is 11.2. The minimum absolute atomic E-state index is 0.190. The summed E-state index contributed by atoms with van der Waals surface area (Å²) in [7, 11) is 0. The monoisotopic (exact) mass is 225 g/mol. The Kier molecular flexibility index (Phi) is 2.56. The van der Waals surface area contributed by atoms with Crippen LogP contribution in [0.5, 0.6) is 0 Å². The first-order valence-corrected chi connectivity index (χ1v) is 6.09. The van der Waals surface area contributed by atoms with Crippen LogP contribution in [-0.2, 0) is 11.2 Å². The summed E-state index contributed by atoms with van der Waals surface area (Å²) in [6, 6.07) is 15.1. The standard InChI is InChI=1S/C15H15NO/c17-15-9-8-13(16-15)10-12-6-3-5-11-4-1-2-7-14(11)12/h1-7,13H,8-10H2,(H,16,17). The molecule has 86 valence electrons. The van der Waals surface area contributed by atoms with Crippen molar-refractivity contribution in [3.05, 3.63) is 48.0 Å². The fraction of sp³-hybridized carbons (Fsp3) is 0.267. The van der Waals surface area contributed by atoms with Gasteiger partial charge in [-0.15, -0.1) is 0 Å². The quantitative estimate of drug-likeness (QED) is 0.836. The summed E-state index contributed by atoms with van der Waals surface area (Å²) in [6.07, 6.45) is 2.57. The summed E-state index contributed by atoms with van der Waals surface area (Å²) in [5.41, 5.74) is 1.33. The number of fused-ring (bicyclic) bond motifs is 1. The zero-order chi connectivity index (χ0) is 11.7. The molecule has 2 aromatic rings. The Morgan fingerprint density at radius 2 is 1.94 bits per heavy atom. The minimum atomic E-state index is 0.190. The van der Waals surface area contributed by atoms with Crippen molar-refractivity contribution in [1.82, 2.24) is 5.32 Å². The molecule has 2 nitrogen and oxygen atoms in total. The number of carbonyl (C=O) groups excluding carboxylic acids is 1. The molecule has 1 amide bonds. The molecule has 1 atom stereocenters. The summed E-state index contributed by atoms with van der Waals surface area (Å²) in [4.78, 5) is 11.2. The van der Waals surface area contributed by atoms with Gasteiger partial charge in [0.1, 0.15) is 0 Å². The molecule has 1 saturated heterocycles. The van der Waals surface area contributed by atoms with Gasteiger partial charge in [-0.05, 0) is 29.2 Å². The first-order valence-electron chi connectivity index (χ1n) is 6.09. The molecule has 1 aliphatic rings. The number of hydrogen-bond acceptors (Lipinski definition) is 1. The van der Waals surface area contributed by atoms with Crippen LogP contribution >= 0.6 is 0 Å². The number of amides is 1. The third kappa shape index (κ3) is 2.03. The van der Waals surface area contributed by atoms with Crippen LogP contribution in [0.1, 0.15) is 18.4 Å². The van der Waals surface area contributed by atoms with Crippen LogP contribution in [0.2, 0.25) is 0 Å². The predicted molar refractivity (Wildman–Crippen MR) is 68.8 cm³/mol. The van der Waals surface area contributed by atoms with Gasteiger partial charge in [0, 0.05) is 12.5 Å². The SMILES string of the molecule is O=C1CCC(Cc2cccc3ccccc23)N1. The number of hydrogen-bond donors (Lipinski definition) is 1. The second kappa shape index (κ2) is 4.21. The topological polar surface area (TPSA) is 29.1 Å². The van der Waals surface area contributed by atoms with Crippen molar-refractivity contribution < 1.29 is 4.79 Å². The van der Waals surface area contributed by atoms with Crippen molar-refractivity contribution in [3.8, 4) is 0 Å². The molecule has 2 heteroatoms. The van der Waals surface area contributed by atoms with E-state index < -0.39 is 0 Å². The van der Waals surface area contributed by atoms with E-state index in [1.54, 1.807) is 0 Å². The van der Waals surface area contributed by atoms with Crippen molar-refractivity contribution in [2.24, 2.45) is 0 Å². The van der Waals surface area contributed by atoms with Gasteiger partial charge in [0.05, 0.1) is 0 Å². The Labute approximate surface area is 101 Å². The van der Waals surface area contributed by atoms with E-state index in [1.807, 2.05) is 0 Å². The van der Waals surface area contributed by atoms with Crippen molar-refractivity contribution in [2.45, 2.75) is 25.3 Å². The molecule has 2 aromatic carbocycles. The largest absolute Gasteiger partial charge is 0.353 e. The lowest BCUT2D eigenvalue weighted by Gasteiger charge is -2.12. The van der Waals surface area contributed by atoms with Gasteiger partial charge in [-0.3, -0.25) is 4.79 Å². The number of benzene rings is 2. The Morgan fingerprint density at radius 3 is 2.76 bits per heavy atom. The second-order valence-corrected chi connectivity index (χ2v) is 4.65. The maximum atomic E-state index is 11.2. The van der Waals surface area contributed by atoms with E-state index in [2.05, 4.69) is 47.8 Å². The van der Waals surface area contributed by atoms with Crippen molar-refractivity contribution >= 4 is 16.7 Å². The smallest absolute Gasteiger partial charge is 0.220 e. The fourth-order valence-corrected chi connectivity index (χ4v) is 2.57. The van der Waals surface area contributed by atoms with Gasteiger partial charge in [0.2, 0.25) is 5.91 Å². The molecule has 0 bridgehead atoms. The van der Waals surface area contributed by atoms with Crippen LogP contribution in [0.25, 0.3) is 10.8 Å². The molecule has 0 saturated carbocycles. The first kappa shape index (κ1) is 10.3. The molecule has 1 fully saturated rings. The lowest BCUT2D eigenvalue weighted by atomic mass is 9.98. The molecular formula is C15H15NO. The average Bonchev–Trinajstić information content (AvgIpc) is 2.75. The van der Waals surface area contributed by atoms with E-state index in [4.69, 9.17) is 0 Å². The Balaban J connectivity index is 1.92. The van der Waals surface area contributed by atoms with E-state index >= 15 is 0 Å². The molecule has 0 aliphatic carbocycles. The van der Waals surface area contributed by atoms with Crippen LogP contribution in [0.15, 0.2) is 42.5 Å². The first-order chi connectivity index (χ1) is 8.33. The van der Waals surface area contributed by atoms with Gasteiger partial charge >= 0.3 is 0 Å². The highest BCUT2D eigenvalue weighted by Gasteiger charge is 2.21. The van der Waals surface area contributed by atoms with Crippen molar-refractivity contribution in [3.63, 3.8) is 0 Å². The summed E-state index contributed by atoms with van der Waals surface area (Å²) >= 11 is 0. The highest BCUT2D eigenvalue weighted by atomic mass is 16.1. The van der Waals surface area contributed by atoms with Gasteiger partial charge < -0.3 is 5.32 Å². The minimum Gasteiger partial charge on any atom is -0.353 e. The summed E-state index contributed by atoms with van der Waals surface area (Å²) in [5.74, 6) is 0.190.